The molecule has 0 bridgehead atoms. The smallest absolute Gasteiger partial charge is 0.333 e. The van der Waals surface area contributed by atoms with Crippen LogP contribution in [0, 0.1) is 0 Å². The van der Waals surface area contributed by atoms with Gasteiger partial charge in [0.1, 0.15) is 17.6 Å². The van der Waals surface area contributed by atoms with E-state index in [9.17, 15) is 22.8 Å². The summed E-state index contributed by atoms with van der Waals surface area (Å²) in [7, 11) is 0. The Hall–Kier alpha value is -4.31. The Kier molecular flexibility index (Phi) is 12.6. The number of aryl methyl sites for hydroxylation is 3. The quantitative estimate of drug-likeness (QED) is 0.135. The van der Waals surface area contributed by atoms with Crippen molar-refractivity contribution in [1.29, 1.82) is 0 Å². The predicted octanol–water partition coefficient (Wildman–Crippen LogP) is 7.92. The summed E-state index contributed by atoms with van der Waals surface area (Å²) in [6.07, 6.45) is 1.16. The summed E-state index contributed by atoms with van der Waals surface area (Å²) in [5.74, 6) is 0.494. The number of aromatic nitrogens is 3. The minimum absolute atomic E-state index is 0.0229. The van der Waals surface area contributed by atoms with Crippen LogP contribution in [-0.4, -0.2) is 56.1 Å². The molecule has 1 atom stereocenters. The lowest BCUT2D eigenvalue weighted by Crippen LogP contribution is -2.49. The van der Waals surface area contributed by atoms with Crippen LogP contribution in [0.3, 0.4) is 0 Å². The lowest BCUT2D eigenvalue weighted by molar-refractivity contribution is -0.140. The van der Waals surface area contributed by atoms with Gasteiger partial charge in [-0.15, -0.1) is 0 Å². The highest BCUT2D eigenvalue weighted by Crippen LogP contribution is 2.32. The van der Waals surface area contributed by atoms with Crippen LogP contribution in [0.4, 0.5) is 13.2 Å². The molecule has 0 N–H and O–H groups in total. The second-order valence-electron chi connectivity index (χ2n) is 13.1. The monoisotopic (exact) mass is 687 g/mol. The van der Waals surface area contributed by atoms with E-state index in [1.807, 2.05) is 66.4 Å². The summed E-state index contributed by atoms with van der Waals surface area (Å²) in [4.78, 5) is 36.9. The summed E-state index contributed by atoms with van der Waals surface area (Å²) in [6.45, 7) is 9.28. The zero-order chi connectivity index (χ0) is 35.7. The molecule has 50 heavy (non-hydrogen) atoms. The Morgan fingerprint density at radius 3 is 2.10 bits per heavy atom. The molecule has 2 heterocycles. The number of hydrogen-bond acceptors (Lipinski definition) is 5. The third-order valence-electron chi connectivity index (χ3n) is 9.78. The van der Waals surface area contributed by atoms with Gasteiger partial charge in [-0.1, -0.05) is 100 Å². The molecule has 1 aliphatic heterocycles. The molecule has 7 nitrogen and oxygen atoms in total. The van der Waals surface area contributed by atoms with E-state index in [2.05, 4.69) is 23.7 Å². The number of alkyl halides is 3. The number of likely N-dealkylation sites (tertiary alicyclic amines) is 1. The molecule has 5 rings (SSSR count). The standard InChI is InChI=1S/C40H48F3N5O2/c1-4-7-13-36(48-37(44-38(49)35(5-2)45-48)23-16-29-11-9-8-10-12-29)39(50)47(34-24-26-46(6-3)27-25-34)28-30-14-17-31(18-15-30)32-19-21-33(22-20-32)40(41,42)43/h8-12,14-15,17-22,34,36H,4-7,13,16,23-28H2,1-3H3. The Bertz CT molecular complexity index is 1730. The maximum Gasteiger partial charge on any atom is 0.416 e. The fourth-order valence-corrected chi connectivity index (χ4v) is 6.73. The molecule has 0 saturated carbocycles. The van der Waals surface area contributed by atoms with Gasteiger partial charge in [-0.25, -0.2) is 4.68 Å². The predicted molar refractivity (Wildman–Crippen MR) is 191 cm³/mol. The first-order valence-electron chi connectivity index (χ1n) is 17.9. The van der Waals surface area contributed by atoms with Crippen LogP contribution in [0.1, 0.15) is 87.1 Å². The maximum absolute atomic E-state index is 15.0. The highest BCUT2D eigenvalue weighted by atomic mass is 19.4. The molecular weight excluding hydrogens is 639 g/mol. The van der Waals surface area contributed by atoms with Crippen molar-refractivity contribution in [3.63, 3.8) is 0 Å². The van der Waals surface area contributed by atoms with Crippen LogP contribution >= 0.6 is 0 Å². The average Bonchev–Trinajstić information content (AvgIpc) is 3.14. The normalized spacial score (nSPS) is 14.8. The second kappa shape index (κ2) is 17.1. The molecule has 0 aliphatic carbocycles. The summed E-state index contributed by atoms with van der Waals surface area (Å²) < 4.78 is 41.1. The SMILES string of the molecule is CCCCC(C(=O)N(Cc1ccc(-c2ccc(C(F)(F)F)cc2)cc1)C1CCN(CC)CC1)n1nc(CC)c(=O)nc1CCc1ccccc1. The number of piperidine rings is 1. The highest BCUT2D eigenvalue weighted by molar-refractivity contribution is 5.81. The zero-order valence-corrected chi connectivity index (χ0v) is 29.3. The van der Waals surface area contributed by atoms with E-state index in [4.69, 9.17) is 5.10 Å². The van der Waals surface area contributed by atoms with Gasteiger partial charge in [0.2, 0.25) is 5.91 Å². The molecule has 4 aromatic rings. The zero-order valence-electron chi connectivity index (χ0n) is 29.3. The van der Waals surface area contributed by atoms with Crippen molar-refractivity contribution >= 4 is 5.91 Å². The van der Waals surface area contributed by atoms with Crippen molar-refractivity contribution < 1.29 is 18.0 Å². The lowest BCUT2D eigenvalue weighted by Gasteiger charge is -2.40. The largest absolute Gasteiger partial charge is 0.416 e. The van der Waals surface area contributed by atoms with E-state index in [-0.39, 0.29) is 17.5 Å². The third kappa shape index (κ3) is 9.27. The first-order chi connectivity index (χ1) is 24.1. The van der Waals surface area contributed by atoms with E-state index >= 15 is 0 Å². The Morgan fingerprint density at radius 1 is 0.880 bits per heavy atom. The van der Waals surface area contributed by atoms with Gasteiger partial charge in [-0.3, -0.25) is 9.59 Å². The maximum atomic E-state index is 15.0. The molecule has 3 aromatic carbocycles. The van der Waals surface area contributed by atoms with E-state index < -0.39 is 17.8 Å². The van der Waals surface area contributed by atoms with Gasteiger partial charge in [0.05, 0.1) is 5.56 Å². The summed E-state index contributed by atoms with van der Waals surface area (Å²) in [6, 6.07) is 22.3. The molecule has 0 spiro atoms. The van der Waals surface area contributed by atoms with Crippen molar-refractivity contribution in [2.45, 2.75) is 96.9 Å². The van der Waals surface area contributed by atoms with Crippen LogP contribution in [0.25, 0.3) is 11.1 Å². The van der Waals surface area contributed by atoms with Crippen molar-refractivity contribution in [3.05, 3.63) is 117 Å². The third-order valence-corrected chi connectivity index (χ3v) is 9.78. The van der Waals surface area contributed by atoms with E-state index in [1.54, 1.807) is 4.68 Å². The Labute approximate surface area is 293 Å². The van der Waals surface area contributed by atoms with Gasteiger partial charge in [0.15, 0.2) is 0 Å². The van der Waals surface area contributed by atoms with Gasteiger partial charge in [-0.2, -0.15) is 23.3 Å². The molecule has 1 aromatic heterocycles. The number of hydrogen-bond donors (Lipinski definition) is 0. The molecule has 1 unspecified atom stereocenters. The van der Waals surface area contributed by atoms with Gasteiger partial charge in [0.25, 0.3) is 5.56 Å². The fourth-order valence-electron chi connectivity index (χ4n) is 6.73. The number of unbranched alkanes of at least 4 members (excludes halogenated alkanes) is 1. The highest BCUT2D eigenvalue weighted by Gasteiger charge is 2.34. The second-order valence-corrected chi connectivity index (χ2v) is 13.1. The van der Waals surface area contributed by atoms with Crippen LogP contribution in [0.15, 0.2) is 83.7 Å². The summed E-state index contributed by atoms with van der Waals surface area (Å²) in [5, 5.41) is 4.82. The minimum Gasteiger partial charge on any atom is -0.333 e. The van der Waals surface area contributed by atoms with Crippen molar-refractivity contribution in [3.8, 4) is 11.1 Å². The Morgan fingerprint density at radius 2 is 1.52 bits per heavy atom. The number of benzene rings is 3. The number of carbonyl (C=O) groups is 1. The van der Waals surface area contributed by atoms with Gasteiger partial charge >= 0.3 is 6.18 Å². The van der Waals surface area contributed by atoms with Crippen molar-refractivity contribution in [1.82, 2.24) is 24.6 Å². The lowest BCUT2D eigenvalue weighted by atomic mass is 9.98. The van der Waals surface area contributed by atoms with E-state index in [1.165, 1.54) is 12.1 Å². The van der Waals surface area contributed by atoms with Gasteiger partial charge in [-0.05, 0) is 73.0 Å². The van der Waals surface area contributed by atoms with Crippen molar-refractivity contribution in [2.24, 2.45) is 0 Å². The van der Waals surface area contributed by atoms with E-state index in [0.29, 0.717) is 49.3 Å². The molecule has 10 heteroatoms. The number of halogens is 3. The van der Waals surface area contributed by atoms with Crippen LogP contribution < -0.4 is 5.56 Å². The molecule has 1 fully saturated rings. The van der Waals surface area contributed by atoms with Crippen LogP contribution in [0.2, 0.25) is 0 Å². The molecule has 1 aliphatic rings. The summed E-state index contributed by atoms with van der Waals surface area (Å²) >= 11 is 0. The topological polar surface area (TPSA) is 71.3 Å². The molecule has 0 radical (unpaired) electrons. The van der Waals surface area contributed by atoms with Crippen molar-refractivity contribution in [2.75, 3.05) is 19.6 Å². The average molecular weight is 688 g/mol. The van der Waals surface area contributed by atoms with E-state index in [0.717, 1.165) is 74.1 Å². The molecule has 1 saturated heterocycles. The van der Waals surface area contributed by atoms with Crippen LogP contribution in [0.5, 0.6) is 0 Å². The fraction of sp³-hybridized carbons (Fsp3) is 0.450. The van der Waals surface area contributed by atoms with Gasteiger partial charge < -0.3 is 9.80 Å². The number of carbonyl (C=O) groups excluding carboxylic acids is 1. The first kappa shape index (κ1) is 37.0. The number of amides is 1. The van der Waals surface area contributed by atoms with Gasteiger partial charge in [0, 0.05) is 32.1 Å². The number of rotatable bonds is 14. The molecule has 266 valence electrons. The molecule has 1 amide bonds. The first-order valence-corrected chi connectivity index (χ1v) is 17.9. The minimum atomic E-state index is -4.39. The summed E-state index contributed by atoms with van der Waals surface area (Å²) in [5.41, 5.74) is 2.88. The Balaban J connectivity index is 1.47. The molecular formula is C40H48F3N5O2. The van der Waals surface area contributed by atoms with Crippen LogP contribution in [-0.2, 0) is 36.8 Å². The number of nitrogens with zero attached hydrogens (tertiary/aromatic N) is 5.